The van der Waals surface area contributed by atoms with Crippen molar-refractivity contribution >= 4 is 49.6 Å². The third-order valence-corrected chi connectivity index (χ3v) is 6.41. The second kappa shape index (κ2) is 9.62. The summed E-state index contributed by atoms with van der Waals surface area (Å²) in [4.78, 5) is 8.72. The van der Waals surface area contributed by atoms with Gasteiger partial charge in [-0.25, -0.2) is 13.4 Å². The van der Waals surface area contributed by atoms with Crippen molar-refractivity contribution in [2.75, 3.05) is 29.4 Å². The van der Waals surface area contributed by atoms with E-state index in [0.717, 1.165) is 27.8 Å². The Balaban J connectivity index is 1.75. The van der Waals surface area contributed by atoms with Crippen LogP contribution in [0.2, 0.25) is 5.02 Å². The quantitative estimate of drug-likeness (QED) is 0.339. The van der Waals surface area contributed by atoms with Crippen LogP contribution in [0.4, 0.5) is 17.1 Å². The predicted molar refractivity (Wildman–Crippen MR) is 133 cm³/mol. The molecule has 2 heterocycles. The molecule has 2 aromatic carbocycles. The van der Waals surface area contributed by atoms with Gasteiger partial charge in [-0.1, -0.05) is 23.7 Å². The molecule has 0 atom stereocenters. The van der Waals surface area contributed by atoms with Gasteiger partial charge in [-0.05, 0) is 48.0 Å². The van der Waals surface area contributed by atoms with E-state index in [-0.39, 0.29) is 23.9 Å². The monoisotopic (exact) mass is 483 g/mol. The van der Waals surface area contributed by atoms with Crippen molar-refractivity contribution in [3.8, 4) is 17.0 Å². The van der Waals surface area contributed by atoms with Crippen LogP contribution in [0.1, 0.15) is 0 Å². The van der Waals surface area contributed by atoms with Gasteiger partial charge in [-0.2, -0.15) is 0 Å². The zero-order valence-corrected chi connectivity index (χ0v) is 19.3. The third-order valence-electron chi connectivity index (χ3n) is 4.88. The van der Waals surface area contributed by atoms with E-state index in [1.165, 1.54) is 7.11 Å². The molecule has 0 amide bonds. The summed E-state index contributed by atoms with van der Waals surface area (Å²) in [5.41, 5.74) is 9.70. The first-order valence-electron chi connectivity index (χ1n) is 10.0. The number of anilines is 3. The Labute approximate surface area is 196 Å². The van der Waals surface area contributed by atoms with Crippen LogP contribution in [0.3, 0.4) is 0 Å². The molecule has 0 saturated carbocycles. The van der Waals surface area contributed by atoms with Gasteiger partial charge < -0.3 is 15.8 Å². The first kappa shape index (κ1) is 22.8. The molecule has 0 unspecified atom stereocenters. The lowest BCUT2D eigenvalue weighted by Gasteiger charge is -2.13. The van der Waals surface area contributed by atoms with Crippen molar-refractivity contribution in [3.05, 3.63) is 72.0 Å². The second-order valence-electron chi connectivity index (χ2n) is 7.22. The molecule has 4 N–H and O–H groups in total. The Hall–Kier alpha value is -3.40. The maximum Gasteiger partial charge on any atom is 0.238 e. The van der Waals surface area contributed by atoms with Gasteiger partial charge in [0.25, 0.3) is 0 Å². The molecule has 170 valence electrons. The van der Waals surface area contributed by atoms with E-state index < -0.39 is 10.0 Å². The highest BCUT2D eigenvalue weighted by molar-refractivity contribution is 7.92. The Morgan fingerprint density at radius 2 is 1.88 bits per heavy atom. The number of pyridine rings is 2. The van der Waals surface area contributed by atoms with Gasteiger partial charge in [-0.3, -0.25) is 9.71 Å². The Morgan fingerprint density at radius 3 is 2.64 bits per heavy atom. The number of ether oxygens (including phenoxy) is 1. The molecule has 0 aliphatic rings. The number of nitrogens with zero attached hydrogens (tertiary/aromatic N) is 2. The number of sulfonamides is 1. The number of methoxy groups -OCH3 is 1. The molecule has 2 aromatic heterocycles. The van der Waals surface area contributed by atoms with Gasteiger partial charge in [-0.15, -0.1) is 0 Å². The van der Waals surface area contributed by atoms with Crippen LogP contribution in [0.25, 0.3) is 22.0 Å². The van der Waals surface area contributed by atoms with E-state index in [2.05, 4.69) is 20.0 Å². The third kappa shape index (κ3) is 5.33. The molecule has 8 nitrogen and oxygen atoms in total. The first-order chi connectivity index (χ1) is 15.9. The van der Waals surface area contributed by atoms with Crippen LogP contribution in [0, 0.1) is 0 Å². The van der Waals surface area contributed by atoms with E-state index in [1.54, 1.807) is 18.5 Å². The number of nitrogens with one attached hydrogen (secondary N) is 2. The molecule has 0 radical (unpaired) electrons. The Bertz CT molecular complexity index is 1410. The summed E-state index contributed by atoms with van der Waals surface area (Å²) in [5.74, 6) is -0.0364. The minimum absolute atomic E-state index is 0.00481. The Morgan fingerprint density at radius 1 is 1.03 bits per heavy atom. The van der Waals surface area contributed by atoms with Gasteiger partial charge in [0.05, 0.1) is 18.4 Å². The van der Waals surface area contributed by atoms with Crippen molar-refractivity contribution in [1.82, 2.24) is 9.97 Å². The molecule has 4 rings (SSSR count). The molecule has 0 bridgehead atoms. The number of hydrogen-bond donors (Lipinski definition) is 3. The highest BCUT2D eigenvalue weighted by atomic mass is 35.5. The van der Waals surface area contributed by atoms with Crippen LogP contribution >= 0.6 is 11.6 Å². The van der Waals surface area contributed by atoms with E-state index in [0.29, 0.717) is 10.6 Å². The summed E-state index contributed by atoms with van der Waals surface area (Å²) >= 11 is 6.11. The molecule has 4 aromatic rings. The minimum Gasteiger partial charge on any atom is -0.480 e. The number of benzene rings is 2. The SMILES string of the molecule is COc1ncc(-c2ccc3nccc(Nc4cccc(Cl)c4)c3c2)cc1NS(=O)(=O)CCN. The number of aromatic nitrogens is 2. The largest absolute Gasteiger partial charge is 0.480 e. The zero-order valence-electron chi connectivity index (χ0n) is 17.7. The van der Waals surface area contributed by atoms with E-state index in [9.17, 15) is 8.42 Å². The number of fused-ring (bicyclic) bond motifs is 1. The highest BCUT2D eigenvalue weighted by Gasteiger charge is 2.15. The number of halogens is 1. The lowest BCUT2D eigenvalue weighted by molar-refractivity contribution is 0.400. The molecule has 0 aliphatic heterocycles. The van der Waals surface area contributed by atoms with Crippen molar-refractivity contribution in [1.29, 1.82) is 0 Å². The molecular weight excluding hydrogens is 462 g/mol. The topological polar surface area (TPSA) is 119 Å². The van der Waals surface area contributed by atoms with E-state index in [4.69, 9.17) is 22.1 Å². The number of rotatable bonds is 8. The Kier molecular flexibility index (Phi) is 6.64. The highest BCUT2D eigenvalue weighted by Crippen LogP contribution is 2.33. The maximum atomic E-state index is 12.2. The number of hydrogen-bond acceptors (Lipinski definition) is 7. The number of nitrogens with two attached hydrogens (primary N) is 1. The van der Waals surface area contributed by atoms with Crippen molar-refractivity contribution in [2.24, 2.45) is 5.73 Å². The van der Waals surface area contributed by atoms with E-state index >= 15 is 0 Å². The fourth-order valence-corrected chi connectivity index (χ4v) is 4.46. The summed E-state index contributed by atoms with van der Waals surface area (Å²) < 4.78 is 32.2. The summed E-state index contributed by atoms with van der Waals surface area (Å²) in [6.45, 7) is 0.00481. The van der Waals surface area contributed by atoms with Gasteiger partial charge in [0.15, 0.2) is 0 Å². The summed E-state index contributed by atoms with van der Waals surface area (Å²) in [6.07, 6.45) is 3.36. The smallest absolute Gasteiger partial charge is 0.238 e. The maximum absolute atomic E-state index is 12.2. The average molecular weight is 484 g/mol. The van der Waals surface area contributed by atoms with Crippen LogP contribution in [0.5, 0.6) is 5.88 Å². The summed E-state index contributed by atoms with van der Waals surface area (Å²) in [5, 5.41) is 4.90. The van der Waals surface area contributed by atoms with Crippen molar-refractivity contribution in [2.45, 2.75) is 0 Å². The average Bonchev–Trinajstić information content (AvgIpc) is 2.79. The van der Waals surface area contributed by atoms with Gasteiger partial charge in [0, 0.05) is 46.3 Å². The molecule has 0 saturated heterocycles. The van der Waals surface area contributed by atoms with Crippen LogP contribution < -0.4 is 20.5 Å². The van der Waals surface area contributed by atoms with Crippen molar-refractivity contribution < 1.29 is 13.2 Å². The van der Waals surface area contributed by atoms with Crippen LogP contribution in [-0.2, 0) is 10.0 Å². The van der Waals surface area contributed by atoms with Gasteiger partial charge >= 0.3 is 0 Å². The second-order valence-corrected chi connectivity index (χ2v) is 9.49. The standard InChI is InChI=1S/C23H22ClN5O3S/c1-32-23-22(29-33(30,31)10-8-25)12-16(14-27-23)15-5-6-20-19(11-15)21(7-9-26-20)28-18-4-2-3-17(24)13-18/h2-7,9,11-14,29H,8,10,25H2,1H3,(H,26,28). The lowest BCUT2D eigenvalue weighted by Crippen LogP contribution is -2.22. The molecule has 33 heavy (non-hydrogen) atoms. The van der Waals surface area contributed by atoms with Crippen LogP contribution in [-0.4, -0.2) is 37.8 Å². The molecular formula is C23H22ClN5O3S. The van der Waals surface area contributed by atoms with E-state index in [1.807, 2.05) is 48.5 Å². The fourth-order valence-electron chi connectivity index (χ4n) is 3.38. The summed E-state index contributed by atoms with van der Waals surface area (Å²) in [6, 6.07) is 16.8. The molecule has 0 fully saturated rings. The first-order valence-corrected chi connectivity index (χ1v) is 12.1. The molecule has 10 heteroatoms. The zero-order chi connectivity index (χ0) is 23.4. The van der Waals surface area contributed by atoms with Gasteiger partial charge in [0.1, 0.15) is 5.69 Å². The summed E-state index contributed by atoms with van der Waals surface area (Å²) in [7, 11) is -2.19. The molecule has 0 aliphatic carbocycles. The van der Waals surface area contributed by atoms with Gasteiger partial charge in [0.2, 0.25) is 15.9 Å². The fraction of sp³-hybridized carbons (Fsp3) is 0.130. The predicted octanol–water partition coefficient (Wildman–Crippen LogP) is 4.40. The van der Waals surface area contributed by atoms with Crippen molar-refractivity contribution in [3.63, 3.8) is 0 Å². The molecule has 0 spiro atoms. The van der Waals surface area contributed by atoms with Crippen LogP contribution in [0.15, 0.2) is 67.0 Å². The lowest BCUT2D eigenvalue weighted by atomic mass is 10.0. The normalized spacial score (nSPS) is 11.4. The minimum atomic E-state index is -3.62.